The van der Waals surface area contributed by atoms with Gasteiger partial charge in [-0.2, -0.15) is 5.26 Å². The first-order valence-corrected chi connectivity index (χ1v) is 4.55. The summed E-state index contributed by atoms with van der Waals surface area (Å²) in [5, 5.41) is 18.8. The Hall–Kier alpha value is -0.590. The van der Waals surface area contributed by atoms with Gasteiger partial charge in [-0.1, -0.05) is 0 Å². The molecule has 0 amide bonds. The van der Waals surface area contributed by atoms with E-state index in [1.807, 2.05) is 0 Å². The van der Waals surface area contributed by atoms with Crippen molar-refractivity contribution in [3.8, 4) is 6.07 Å². The monoisotopic (exact) mass is 167 g/mol. The highest BCUT2D eigenvalue weighted by atomic mass is 16.3. The van der Waals surface area contributed by atoms with Crippen LogP contribution in [0.2, 0.25) is 0 Å². The van der Waals surface area contributed by atoms with Gasteiger partial charge in [0.2, 0.25) is 5.60 Å². The summed E-state index contributed by atoms with van der Waals surface area (Å²) in [4.78, 5) is 0. The molecule has 12 heavy (non-hydrogen) atoms. The molecular weight excluding hydrogens is 152 g/mol. The average Bonchev–Trinajstić information content (AvgIpc) is 2.04. The van der Waals surface area contributed by atoms with E-state index in [1.165, 1.54) is 0 Å². The van der Waals surface area contributed by atoms with Gasteiger partial charge in [-0.25, -0.2) is 0 Å². The van der Waals surface area contributed by atoms with Crippen LogP contribution >= 0.6 is 0 Å². The highest BCUT2D eigenvalue weighted by Crippen LogP contribution is 2.38. The summed E-state index contributed by atoms with van der Waals surface area (Å²) in [7, 11) is 2.14. The quantitative estimate of drug-likeness (QED) is 0.411. The van der Waals surface area contributed by atoms with Crippen molar-refractivity contribution in [2.45, 2.75) is 18.4 Å². The number of piperidine rings is 3. The molecule has 1 atom stereocenters. The highest BCUT2D eigenvalue weighted by Gasteiger charge is 2.53. The van der Waals surface area contributed by atoms with Crippen molar-refractivity contribution in [1.82, 2.24) is 0 Å². The number of hydrogen-bond donors (Lipinski definition) is 1. The van der Waals surface area contributed by atoms with E-state index in [9.17, 15) is 5.11 Å². The molecule has 3 nitrogen and oxygen atoms in total. The summed E-state index contributed by atoms with van der Waals surface area (Å²) >= 11 is 0. The third-order valence-corrected chi connectivity index (χ3v) is 3.53. The standard InChI is InChI=1S/C9H15N2O/c1-11-4-2-8(3-5-11)9(12,6-10)7-11/h8,12H,2-5,7H2,1H3/q+1. The van der Waals surface area contributed by atoms with Gasteiger partial charge >= 0.3 is 0 Å². The largest absolute Gasteiger partial charge is 0.370 e. The normalized spacial score (nSPS) is 51.9. The Balaban J connectivity index is 2.28. The van der Waals surface area contributed by atoms with Crippen LogP contribution in [0.3, 0.4) is 0 Å². The van der Waals surface area contributed by atoms with Gasteiger partial charge in [0.05, 0.1) is 20.1 Å². The number of hydrogen-bond acceptors (Lipinski definition) is 2. The molecule has 3 heterocycles. The van der Waals surface area contributed by atoms with Crippen molar-refractivity contribution in [2.75, 3.05) is 26.7 Å². The number of quaternary nitrogens is 1. The molecule has 0 aromatic carbocycles. The molecule has 3 aliphatic rings. The maximum absolute atomic E-state index is 9.96. The molecule has 2 bridgehead atoms. The second kappa shape index (κ2) is 2.21. The van der Waals surface area contributed by atoms with E-state index in [0.29, 0.717) is 6.54 Å². The van der Waals surface area contributed by atoms with E-state index in [0.717, 1.165) is 30.4 Å². The lowest BCUT2D eigenvalue weighted by molar-refractivity contribution is -0.931. The van der Waals surface area contributed by atoms with Gasteiger partial charge in [0, 0.05) is 18.8 Å². The van der Waals surface area contributed by atoms with Gasteiger partial charge in [-0.3, -0.25) is 0 Å². The molecule has 3 saturated heterocycles. The lowest BCUT2D eigenvalue weighted by Crippen LogP contribution is -2.66. The molecule has 0 aromatic heterocycles. The van der Waals surface area contributed by atoms with E-state index < -0.39 is 5.60 Å². The van der Waals surface area contributed by atoms with Crippen LogP contribution in [0, 0.1) is 17.2 Å². The molecule has 66 valence electrons. The zero-order valence-electron chi connectivity index (χ0n) is 7.45. The Morgan fingerprint density at radius 3 is 2.42 bits per heavy atom. The predicted octanol–water partition coefficient (Wildman–Crippen LogP) is 0.111. The lowest BCUT2D eigenvalue weighted by Gasteiger charge is -2.51. The van der Waals surface area contributed by atoms with Crippen molar-refractivity contribution in [3.05, 3.63) is 0 Å². The minimum Gasteiger partial charge on any atom is -0.370 e. The predicted molar refractivity (Wildman–Crippen MR) is 44.1 cm³/mol. The number of fused-ring (bicyclic) bond motifs is 3. The van der Waals surface area contributed by atoms with Crippen LogP contribution in [0.15, 0.2) is 0 Å². The summed E-state index contributed by atoms with van der Waals surface area (Å²) in [6, 6.07) is 2.08. The van der Waals surface area contributed by atoms with Crippen LogP contribution in [-0.4, -0.2) is 41.9 Å². The molecule has 1 unspecified atom stereocenters. The molecule has 3 aliphatic heterocycles. The van der Waals surface area contributed by atoms with Crippen molar-refractivity contribution in [2.24, 2.45) is 5.92 Å². The number of likely N-dealkylation sites (N-methyl/N-ethyl adjacent to an activating group) is 1. The van der Waals surface area contributed by atoms with Crippen molar-refractivity contribution < 1.29 is 9.59 Å². The maximum atomic E-state index is 9.96. The van der Waals surface area contributed by atoms with Gasteiger partial charge in [-0.05, 0) is 0 Å². The van der Waals surface area contributed by atoms with E-state index >= 15 is 0 Å². The molecule has 0 spiro atoms. The maximum Gasteiger partial charge on any atom is 0.203 e. The topological polar surface area (TPSA) is 44.0 Å². The molecule has 0 radical (unpaired) electrons. The lowest BCUT2D eigenvalue weighted by atomic mass is 9.75. The van der Waals surface area contributed by atoms with Gasteiger partial charge in [-0.15, -0.1) is 0 Å². The van der Waals surface area contributed by atoms with E-state index in [-0.39, 0.29) is 5.92 Å². The smallest absolute Gasteiger partial charge is 0.203 e. The molecule has 3 rings (SSSR count). The van der Waals surface area contributed by atoms with Gasteiger partial charge in [0.25, 0.3) is 0 Å². The fourth-order valence-corrected chi connectivity index (χ4v) is 2.66. The Labute approximate surface area is 72.8 Å². The van der Waals surface area contributed by atoms with Gasteiger partial charge in [0.15, 0.2) is 0 Å². The molecule has 0 aliphatic carbocycles. The summed E-state index contributed by atoms with van der Waals surface area (Å²) < 4.78 is 0.889. The number of rotatable bonds is 0. The Morgan fingerprint density at radius 1 is 1.50 bits per heavy atom. The Bertz CT molecular complexity index is 237. The van der Waals surface area contributed by atoms with Crippen LogP contribution in [0.25, 0.3) is 0 Å². The Morgan fingerprint density at radius 2 is 2.08 bits per heavy atom. The van der Waals surface area contributed by atoms with Crippen LogP contribution in [0.1, 0.15) is 12.8 Å². The van der Waals surface area contributed by atoms with Crippen molar-refractivity contribution in [1.29, 1.82) is 5.26 Å². The third kappa shape index (κ3) is 0.954. The van der Waals surface area contributed by atoms with Crippen molar-refractivity contribution in [3.63, 3.8) is 0 Å². The minimum absolute atomic E-state index is 0.238. The number of nitriles is 1. The highest BCUT2D eigenvalue weighted by molar-refractivity contribution is 5.07. The first kappa shape index (κ1) is 8.03. The van der Waals surface area contributed by atoms with Gasteiger partial charge < -0.3 is 9.59 Å². The second-order valence-corrected chi connectivity index (χ2v) is 4.54. The average molecular weight is 167 g/mol. The first-order valence-electron chi connectivity index (χ1n) is 4.55. The zero-order valence-corrected chi connectivity index (χ0v) is 7.45. The van der Waals surface area contributed by atoms with E-state index in [1.54, 1.807) is 0 Å². The van der Waals surface area contributed by atoms with E-state index in [4.69, 9.17) is 5.26 Å². The summed E-state index contributed by atoms with van der Waals surface area (Å²) in [6.07, 6.45) is 2.03. The number of nitrogens with zero attached hydrogens (tertiary/aromatic N) is 2. The van der Waals surface area contributed by atoms with Gasteiger partial charge in [0.1, 0.15) is 12.6 Å². The molecule has 1 N–H and O–H groups in total. The molecule has 3 fully saturated rings. The van der Waals surface area contributed by atoms with Crippen LogP contribution in [-0.2, 0) is 0 Å². The summed E-state index contributed by atoms with van der Waals surface area (Å²) in [6.45, 7) is 2.90. The zero-order chi connectivity index (χ0) is 8.82. The third-order valence-electron chi connectivity index (χ3n) is 3.53. The minimum atomic E-state index is -1.02. The molecule has 3 heteroatoms. The number of aliphatic hydroxyl groups is 1. The second-order valence-electron chi connectivity index (χ2n) is 4.54. The SMILES string of the molecule is C[N+]12CCC(CC1)C(O)(C#N)C2. The van der Waals surface area contributed by atoms with Crippen LogP contribution in [0.4, 0.5) is 0 Å². The fraction of sp³-hybridized carbons (Fsp3) is 0.889. The van der Waals surface area contributed by atoms with E-state index in [2.05, 4.69) is 13.1 Å². The fourth-order valence-electron chi connectivity index (χ4n) is 2.66. The molecule has 0 saturated carbocycles. The summed E-state index contributed by atoms with van der Waals surface area (Å²) in [5.74, 6) is 0.238. The Kier molecular flexibility index (Phi) is 1.48. The summed E-state index contributed by atoms with van der Waals surface area (Å²) in [5.41, 5.74) is -1.02. The van der Waals surface area contributed by atoms with Crippen LogP contribution in [0.5, 0.6) is 0 Å². The molecule has 0 aromatic rings. The first-order chi connectivity index (χ1) is 5.58. The molecular formula is C9H15N2O+. The van der Waals surface area contributed by atoms with Crippen molar-refractivity contribution >= 4 is 0 Å². The van der Waals surface area contributed by atoms with Crippen LogP contribution < -0.4 is 0 Å².